The Bertz CT molecular complexity index is 578. The molecule has 0 aliphatic rings. The Balaban J connectivity index is 2.04. The fourth-order valence-corrected chi connectivity index (χ4v) is 2.51. The smallest absolute Gasteiger partial charge is 0.324 e. The first-order valence-electron chi connectivity index (χ1n) is 5.60. The summed E-state index contributed by atoms with van der Waals surface area (Å²) in [7, 11) is 0. The van der Waals surface area contributed by atoms with E-state index in [1.54, 1.807) is 12.1 Å². The van der Waals surface area contributed by atoms with Crippen LogP contribution in [0.1, 0.15) is 16.0 Å². The number of anilines is 1. The summed E-state index contributed by atoms with van der Waals surface area (Å²) in [5.74, 6) is 0. The standard InChI is InChI=1S/C13H14N2O2S/c1-9-3-5-12(10(2)7-9)14-8-11-4-6-13(18-11)15(16)17/h3-7,14H,8H2,1-2H3. The van der Waals surface area contributed by atoms with Crippen molar-refractivity contribution < 1.29 is 4.92 Å². The maximum Gasteiger partial charge on any atom is 0.324 e. The van der Waals surface area contributed by atoms with E-state index >= 15 is 0 Å². The van der Waals surface area contributed by atoms with Crippen LogP contribution in [0, 0.1) is 24.0 Å². The van der Waals surface area contributed by atoms with Crippen molar-refractivity contribution in [3.63, 3.8) is 0 Å². The number of nitrogens with one attached hydrogen (secondary N) is 1. The van der Waals surface area contributed by atoms with Crippen LogP contribution in [0.15, 0.2) is 30.3 Å². The molecule has 18 heavy (non-hydrogen) atoms. The number of nitro groups is 1. The Morgan fingerprint density at radius 3 is 2.67 bits per heavy atom. The van der Waals surface area contributed by atoms with E-state index in [4.69, 9.17) is 0 Å². The average molecular weight is 262 g/mol. The zero-order valence-corrected chi connectivity index (χ0v) is 11.1. The van der Waals surface area contributed by atoms with Crippen LogP contribution in [-0.2, 0) is 6.54 Å². The first kappa shape index (κ1) is 12.6. The number of hydrogen-bond donors (Lipinski definition) is 1. The van der Waals surface area contributed by atoms with Gasteiger partial charge in [0.25, 0.3) is 0 Å². The molecule has 0 saturated heterocycles. The molecule has 2 aromatic rings. The van der Waals surface area contributed by atoms with Crippen molar-refractivity contribution in [2.75, 3.05) is 5.32 Å². The van der Waals surface area contributed by atoms with Crippen molar-refractivity contribution in [2.45, 2.75) is 20.4 Å². The molecular formula is C13H14N2O2S. The Hall–Kier alpha value is -1.88. The number of rotatable bonds is 4. The van der Waals surface area contributed by atoms with E-state index < -0.39 is 0 Å². The van der Waals surface area contributed by atoms with Gasteiger partial charge in [-0.2, -0.15) is 0 Å². The van der Waals surface area contributed by atoms with Gasteiger partial charge >= 0.3 is 5.00 Å². The van der Waals surface area contributed by atoms with Gasteiger partial charge in [0.1, 0.15) is 0 Å². The maximum absolute atomic E-state index is 10.6. The molecule has 0 bridgehead atoms. The molecule has 0 aliphatic carbocycles. The van der Waals surface area contributed by atoms with Gasteiger partial charge in [-0.1, -0.05) is 29.0 Å². The van der Waals surface area contributed by atoms with Gasteiger partial charge in [-0.15, -0.1) is 0 Å². The summed E-state index contributed by atoms with van der Waals surface area (Å²) in [5.41, 5.74) is 3.47. The molecule has 4 nitrogen and oxygen atoms in total. The minimum Gasteiger partial charge on any atom is -0.380 e. The molecule has 1 aromatic carbocycles. The fraction of sp³-hybridized carbons (Fsp3) is 0.231. The first-order chi connectivity index (χ1) is 8.56. The van der Waals surface area contributed by atoms with Gasteiger partial charge in [-0.05, 0) is 31.5 Å². The van der Waals surface area contributed by atoms with Crippen LogP contribution in [0.2, 0.25) is 0 Å². The van der Waals surface area contributed by atoms with E-state index in [2.05, 4.69) is 18.3 Å². The van der Waals surface area contributed by atoms with Crippen LogP contribution < -0.4 is 5.32 Å². The zero-order valence-electron chi connectivity index (χ0n) is 10.3. The second kappa shape index (κ2) is 5.18. The summed E-state index contributed by atoms with van der Waals surface area (Å²) >= 11 is 1.21. The van der Waals surface area contributed by atoms with E-state index in [-0.39, 0.29) is 9.92 Å². The molecule has 0 radical (unpaired) electrons. The molecule has 1 aromatic heterocycles. The second-order valence-electron chi connectivity index (χ2n) is 4.17. The van der Waals surface area contributed by atoms with Crippen molar-refractivity contribution in [3.8, 4) is 0 Å². The van der Waals surface area contributed by atoms with E-state index in [0.717, 1.165) is 10.6 Å². The van der Waals surface area contributed by atoms with Crippen molar-refractivity contribution in [3.05, 3.63) is 56.5 Å². The number of thiophene rings is 1. The number of hydrogen-bond acceptors (Lipinski definition) is 4. The van der Waals surface area contributed by atoms with Crippen LogP contribution in [0.25, 0.3) is 0 Å². The lowest BCUT2D eigenvalue weighted by Gasteiger charge is -2.08. The number of aryl methyl sites for hydroxylation is 2. The Morgan fingerprint density at radius 1 is 1.28 bits per heavy atom. The highest BCUT2D eigenvalue weighted by atomic mass is 32.1. The third kappa shape index (κ3) is 2.87. The van der Waals surface area contributed by atoms with Gasteiger partial charge in [-0.3, -0.25) is 10.1 Å². The predicted molar refractivity (Wildman–Crippen MR) is 74.2 cm³/mol. The van der Waals surface area contributed by atoms with Crippen molar-refractivity contribution >= 4 is 22.0 Å². The second-order valence-corrected chi connectivity index (χ2v) is 5.32. The van der Waals surface area contributed by atoms with Crippen LogP contribution in [0.5, 0.6) is 0 Å². The molecule has 0 spiro atoms. The largest absolute Gasteiger partial charge is 0.380 e. The van der Waals surface area contributed by atoms with Crippen LogP contribution in [0.3, 0.4) is 0 Å². The third-order valence-electron chi connectivity index (χ3n) is 2.66. The molecule has 1 heterocycles. The van der Waals surface area contributed by atoms with Crippen LogP contribution in [0.4, 0.5) is 10.7 Å². The topological polar surface area (TPSA) is 55.2 Å². The maximum atomic E-state index is 10.6. The van der Waals surface area contributed by atoms with Gasteiger partial charge in [0.2, 0.25) is 0 Å². The molecule has 0 aliphatic heterocycles. The molecule has 0 saturated carbocycles. The molecule has 1 N–H and O–H groups in total. The molecular weight excluding hydrogens is 248 g/mol. The van der Waals surface area contributed by atoms with E-state index in [0.29, 0.717) is 6.54 Å². The highest BCUT2D eigenvalue weighted by Gasteiger charge is 2.09. The van der Waals surface area contributed by atoms with Crippen molar-refractivity contribution in [2.24, 2.45) is 0 Å². The zero-order chi connectivity index (χ0) is 13.1. The highest BCUT2D eigenvalue weighted by Crippen LogP contribution is 2.25. The van der Waals surface area contributed by atoms with E-state index in [1.807, 2.05) is 19.1 Å². The molecule has 0 fully saturated rings. The average Bonchev–Trinajstić information content (AvgIpc) is 2.76. The summed E-state index contributed by atoms with van der Waals surface area (Å²) < 4.78 is 0. The normalized spacial score (nSPS) is 10.3. The minimum atomic E-state index is -0.356. The van der Waals surface area contributed by atoms with E-state index in [1.165, 1.54) is 22.5 Å². The molecule has 2 rings (SSSR count). The van der Waals surface area contributed by atoms with Crippen LogP contribution in [-0.4, -0.2) is 4.92 Å². The Kier molecular flexibility index (Phi) is 3.62. The molecule has 5 heteroatoms. The van der Waals surface area contributed by atoms with Crippen LogP contribution >= 0.6 is 11.3 Å². The summed E-state index contributed by atoms with van der Waals surface area (Å²) in [6.07, 6.45) is 0. The molecule has 0 unspecified atom stereocenters. The highest BCUT2D eigenvalue weighted by molar-refractivity contribution is 7.15. The van der Waals surface area contributed by atoms with Gasteiger partial charge in [0.15, 0.2) is 0 Å². The number of benzene rings is 1. The van der Waals surface area contributed by atoms with Crippen molar-refractivity contribution in [1.82, 2.24) is 0 Å². The monoisotopic (exact) mass is 262 g/mol. The Morgan fingerprint density at radius 2 is 2.06 bits per heavy atom. The third-order valence-corrected chi connectivity index (χ3v) is 3.70. The first-order valence-corrected chi connectivity index (χ1v) is 6.42. The van der Waals surface area contributed by atoms with Gasteiger partial charge < -0.3 is 5.32 Å². The summed E-state index contributed by atoms with van der Waals surface area (Å²) in [4.78, 5) is 11.2. The summed E-state index contributed by atoms with van der Waals surface area (Å²) in [5, 5.41) is 14.1. The summed E-state index contributed by atoms with van der Waals surface area (Å²) in [6.45, 7) is 4.72. The van der Waals surface area contributed by atoms with Gasteiger partial charge in [-0.25, -0.2) is 0 Å². The fourth-order valence-electron chi connectivity index (χ4n) is 1.75. The molecule has 0 amide bonds. The lowest BCUT2D eigenvalue weighted by molar-refractivity contribution is -0.380. The minimum absolute atomic E-state index is 0.187. The van der Waals surface area contributed by atoms with Crippen molar-refractivity contribution in [1.29, 1.82) is 0 Å². The SMILES string of the molecule is Cc1ccc(NCc2ccc([N+](=O)[O-])s2)c(C)c1. The van der Waals surface area contributed by atoms with E-state index in [9.17, 15) is 10.1 Å². The van der Waals surface area contributed by atoms with Gasteiger partial charge in [0, 0.05) is 23.2 Å². The molecule has 94 valence electrons. The number of nitrogens with zero attached hydrogens (tertiary/aromatic N) is 1. The Labute approximate surface area is 109 Å². The summed E-state index contributed by atoms with van der Waals surface area (Å²) in [6, 6.07) is 9.53. The molecule has 0 atom stereocenters. The van der Waals surface area contributed by atoms with Gasteiger partial charge in [0.05, 0.1) is 4.92 Å². The lowest BCUT2D eigenvalue weighted by atomic mass is 10.1. The predicted octanol–water partition coefficient (Wildman–Crippen LogP) is 3.89. The quantitative estimate of drug-likeness (QED) is 0.672. The lowest BCUT2D eigenvalue weighted by Crippen LogP contribution is -1.99.